The van der Waals surface area contributed by atoms with Crippen LogP contribution in [0.2, 0.25) is 0 Å². The van der Waals surface area contributed by atoms with E-state index in [9.17, 15) is 19.8 Å². The summed E-state index contributed by atoms with van der Waals surface area (Å²) in [5.74, 6) is 1.73. The van der Waals surface area contributed by atoms with Crippen LogP contribution < -0.4 is 5.32 Å². The second-order valence-electron chi connectivity index (χ2n) is 18.1. The van der Waals surface area contributed by atoms with Gasteiger partial charge in [0, 0.05) is 28.3 Å². The fourth-order valence-electron chi connectivity index (χ4n) is 10.8. The smallest absolute Gasteiger partial charge is 0.317 e. The molecule has 6 aliphatic rings. The summed E-state index contributed by atoms with van der Waals surface area (Å²) in [7, 11) is 0. The van der Waals surface area contributed by atoms with Crippen molar-refractivity contribution in [2.45, 2.75) is 129 Å². The summed E-state index contributed by atoms with van der Waals surface area (Å²) in [4.78, 5) is 31.4. The monoisotopic (exact) mass is 724 g/mol. The molecular weight excluding hydrogens is 665 g/mol. The summed E-state index contributed by atoms with van der Waals surface area (Å²) >= 11 is 1.53. The molecule has 6 aliphatic carbocycles. The highest BCUT2D eigenvalue weighted by Gasteiger charge is 2.59. The Morgan fingerprint density at radius 3 is 2.54 bits per heavy atom. The largest absolute Gasteiger partial charge is 0.393 e. The number of ketones is 1. The Morgan fingerprint density at radius 2 is 1.81 bits per heavy atom. The number of aliphatic hydroxyl groups is 2. The highest BCUT2D eigenvalue weighted by atomic mass is 32.1. The van der Waals surface area contributed by atoms with Gasteiger partial charge in [-0.3, -0.25) is 4.79 Å². The molecule has 4 fully saturated rings. The van der Waals surface area contributed by atoms with Gasteiger partial charge in [0.25, 0.3) is 0 Å². The molecule has 1 aromatic heterocycles. The number of hydrogen-bond donors (Lipinski definition) is 3. The summed E-state index contributed by atoms with van der Waals surface area (Å²) in [6, 6.07) is 16.3. The van der Waals surface area contributed by atoms with E-state index in [1.165, 1.54) is 29.8 Å². The lowest BCUT2D eigenvalue weighted by Gasteiger charge is -2.60. The van der Waals surface area contributed by atoms with Gasteiger partial charge in [-0.1, -0.05) is 62.8 Å². The Labute approximate surface area is 315 Å². The number of carbonyl (C=O) groups is 2. The van der Waals surface area contributed by atoms with Gasteiger partial charge >= 0.3 is 6.03 Å². The van der Waals surface area contributed by atoms with E-state index >= 15 is 0 Å². The number of carbonyl (C=O) groups excluding carboxylic acids is 2. The van der Waals surface area contributed by atoms with Crippen molar-refractivity contribution < 1.29 is 19.8 Å². The first-order valence-corrected chi connectivity index (χ1v) is 20.8. The van der Waals surface area contributed by atoms with Gasteiger partial charge in [0.05, 0.1) is 23.1 Å². The Bertz CT molecular complexity index is 1810. The molecule has 52 heavy (non-hydrogen) atoms. The van der Waals surface area contributed by atoms with E-state index < -0.39 is 17.1 Å². The van der Waals surface area contributed by atoms with Crippen molar-refractivity contribution in [3.05, 3.63) is 81.7 Å². The van der Waals surface area contributed by atoms with Gasteiger partial charge in [-0.15, -0.1) is 11.3 Å². The van der Waals surface area contributed by atoms with Crippen molar-refractivity contribution in [2.24, 2.45) is 28.6 Å². The zero-order valence-corrected chi connectivity index (χ0v) is 33.0. The van der Waals surface area contributed by atoms with Crippen LogP contribution in [-0.2, 0) is 6.42 Å². The average Bonchev–Trinajstić information content (AvgIpc) is 3.64. The van der Waals surface area contributed by atoms with E-state index in [-0.39, 0.29) is 30.3 Å². The highest BCUT2D eigenvalue weighted by molar-refractivity contribution is 7.21. The third-order valence-electron chi connectivity index (χ3n) is 14.2. The van der Waals surface area contributed by atoms with E-state index in [4.69, 9.17) is 0 Å². The molecule has 4 saturated carbocycles. The molecule has 2 amide bonds. The molecule has 2 aromatic carbocycles. The third kappa shape index (κ3) is 6.91. The highest BCUT2D eigenvalue weighted by Crippen LogP contribution is 2.62. The quantitative estimate of drug-likeness (QED) is 0.167. The fourth-order valence-corrected chi connectivity index (χ4v) is 11.8. The number of aliphatic hydroxyl groups excluding tert-OH is 1. The normalized spacial score (nSPS) is 31.4. The molecule has 9 rings (SSSR count). The molecule has 7 atom stereocenters. The van der Waals surface area contributed by atoms with Gasteiger partial charge in [-0.2, -0.15) is 0 Å². The van der Waals surface area contributed by atoms with Gasteiger partial charge in [0.1, 0.15) is 0 Å². The molecule has 7 heteroatoms. The van der Waals surface area contributed by atoms with Gasteiger partial charge in [-0.25, -0.2) is 4.79 Å². The molecule has 1 heterocycles. The standard InChI is InChI=1S/C45H60N2O4S/c1-28(2)46-42(50)47(26-32-15-16-33-25-38(32)43(33,4)5)27-45(51)21-19-37-35-18-14-30(22-34(48)17-13-29(3)10-9-20-44(37,45)6)23-36(35)41(49)40-24-31-11-7-8-12-39(31)52-40/h7-8,10-12,14,18,23-24,28,32-34,37-38,48,51H,9,13,15-17,19-22,25-27H2,1-6H3,(H,46,50). The zero-order chi connectivity index (χ0) is 37.0. The Kier molecular flexibility index (Phi) is 10.3. The average molecular weight is 725 g/mol. The molecule has 4 bridgehead atoms. The van der Waals surface area contributed by atoms with Gasteiger partial charge < -0.3 is 20.4 Å². The Morgan fingerprint density at radius 1 is 1.02 bits per heavy atom. The molecule has 3 aromatic rings. The molecular formula is C45H60N2O4S. The van der Waals surface area contributed by atoms with Crippen LogP contribution in [0.15, 0.2) is 60.2 Å². The fraction of sp³-hybridized carbons (Fsp3) is 0.600. The summed E-state index contributed by atoms with van der Waals surface area (Å²) in [5, 5.41) is 28.4. The molecule has 280 valence electrons. The molecule has 0 saturated heterocycles. The number of nitrogens with zero attached hydrogens (tertiary/aromatic N) is 1. The van der Waals surface area contributed by atoms with E-state index in [1.807, 2.05) is 43.0 Å². The number of fused-ring (bicyclic) bond motifs is 11. The van der Waals surface area contributed by atoms with Crippen LogP contribution in [0.5, 0.6) is 0 Å². The topological polar surface area (TPSA) is 89.9 Å². The van der Waals surface area contributed by atoms with Crippen LogP contribution >= 0.6 is 11.3 Å². The summed E-state index contributed by atoms with van der Waals surface area (Å²) in [6.07, 6.45) is 10.1. The lowest BCUT2D eigenvalue weighted by Crippen LogP contribution is -2.59. The molecule has 0 spiro atoms. The molecule has 3 N–H and O–H groups in total. The number of benzene rings is 2. The van der Waals surface area contributed by atoms with Crippen LogP contribution in [0.4, 0.5) is 4.79 Å². The predicted octanol–water partition coefficient (Wildman–Crippen LogP) is 9.66. The van der Waals surface area contributed by atoms with Crippen molar-refractivity contribution in [1.29, 1.82) is 0 Å². The van der Waals surface area contributed by atoms with Crippen molar-refractivity contribution in [3.63, 3.8) is 0 Å². The minimum absolute atomic E-state index is 0.00446. The second kappa shape index (κ2) is 14.3. The molecule has 6 nitrogen and oxygen atoms in total. The number of rotatable bonds is 7. The van der Waals surface area contributed by atoms with E-state index in [0.717, 1.165) is 59.2 Å². The van der Waals surface area contributed by atoms with Crippen molar-refractivity contribution in [1.82, 2.24) is 10.2 Å². The first-order chi connectivity index (χ1) is 24.7. The van der Waals surface area contributed by atoms with Gasteiger partial charge in [0.15, 0.2) is 0 Å². The van der Waals surface area contributed by atoms with Gasteiger partial charge in [-0.05, 0) is 149 Å². The van der Waals surface area contributed by atoms with Crippen molar-refractivity contribution in [3.8, 4) is 0 Å². The number of amides is 2. The van der Waals surface area contributed by atoms with Crippen LogP contribution in [0.3, 0.4) is 0 Å². The number of hydrogen-bond acceptors (Lipinski definition) is 5. The summed E-state index contributed by atoms with van der Waals surface area (Å²) < 4.78 is 1.09. The second-order valence-corrected chi connectivity index (χ2v) is 19.2. The van der Waals surface area contributed by atoms with E-state index in [0.29, 0.717) is 53.5 Å². The van der Waals surface area contributed by atoms with Crippen LogP contribution in [-0.4, -0.2) is 57.8 Å². The third-order valence-corrected chi connectivity index (χ3v) is 15.3. The number of allylic oxidation sites excluding steroid dienone is 2. The van der Waals surface area contributed by atoms with Crippen LogP contribution in [0, 0.1) is 28.6 Å². The Hall–Kier alpha value is -3.00. The first kappa shape index (κ1) is 37.3. The lowest BCUT2D eigenvalue weighted by atomic mass is 9.45. The number of thiophene rings is 1. The lowest BCUT2D eigenvalue weighted by molar-refractivity contribution is -0.117. The maximum Gasteiger partial charge on any atom is 0.317 e. The van der Waals surface area contributed by atoms with E-state index in [1.54, 1.807) is 0 Å². The summed E-state index contributed by atoms with van der Waals surface area (Å²) in [6.45, 7) is 14.1. The van der Waals surface area contributed by atoms with Crippen LogP contribution in [0.1, 0.15) is 132 Å². The van der Waals surface area contributed by atoms with Crippen LogP contribution in [0.25, 0.3) is 10.1 Å². The van der Waals surface area contributed by atoms with Gasteiger partial charge in [0.2, 0.25) is 5.78 Å². The van der Waals surface area contributed by atoms with E-state index in [2.05, 4.69) is 63.4 Å². The SMILES string of the molecule is CC1=CCCC2(C)C(CCC2(O)CN(CC2CCC3CC2C3(C)C)C(=O)NC(C)C)c2ccc(cc2C(=O)c2cc3ccccc3s2)CC(O)CC1. The minimum Gasteiger partial charge on any atom is -0.393 e. The molecule has 0 radical (unpaired) electrons. The maximum atomic E-state index is 14.6. The Balaban J connectivity index is 1.28. The summed E-state index contributed by atoms with van der Waals surface area (Å²) in [5.41, 5.74) is 2.42. The minimum atomic E-state index is -1.15. The zero-order valence-electron chi connectivity index (χ0n) is 32.2. The predicted molar refractivity (Wildman–Crippen MR) is 212 cm³/mol. The molecule has 7 unspecified atom stereocenters. The molecule has 0 aliphatic heterocycles. The van der Waals surface area contributed by atoms with Crippen molar-refractivity contribution in [2.75, 3.05) is 13.1 Å². The van der Waals surface area contributed by atoms with Crippen molar-refractivity contribution >= 4 is 33.2 Å². The first-order valence-electron chi connectivity index (χ1n) is 20.0. The number of nitrogens with one attached hydrogen (secondary N) is 1. The maximum absolute atomic E-state index is 14.6. The number of urea groups is 1.